The zero-order valence-corrected chi connectivity index (χ0v) is 10.4. The summed E-state index contributed by atoms with van der Waals surface area (Å²) in [7, 11) is 0. The lowest BCUT2D eigenvalue weighted by Gasteiger charge is -2.09. The maximum absolute atomic E-state index is 11.2. The van der Waals surface area contributed by atoms with Crippen LogP contribution in [-0.2, 0) is 6.54 Å². The average Bonchev–Trinajstić information content (AvgIpc) is 2.82. The number of hydrogen-bond donors (Lipinski definition) is 3. The van der Waals surface area contributed by atoms with E-state index in [0.29, 0.717) is 0 Å². The molecule has 0 spiro atoms. The number of nitrogen functional groups attached to an aromatic ring is 1. The van der Waals surface area contributed by atoms with E-state index in [1.54, 1.807) is 6.92 Å². The molecule has 0 aliphatic carbocycles. The number of nitrogens with one attached hydrogen (secondary N) is 1. The van der Waals surface area contributed by atoms with E-state index in [0.717, 1.165) is 0 Å². The van der Waals surface area contributed by atoms with Crippen LogP contribution < -0.4 is 26.6 Å². The number of carbonyl (C=O) groups is 1. The van der Waals surface area contributed by atoms with Crippen molar-refractivity contribution in [2.45, 2.75) is 13.5 Å². The first-order valence-electron chi connectivity index (χ1n) is 5.64. The van der Waals surface area contributed by atoms with Crippen LogP contribution in [0.25, 0.3) is 0 Å². The molecule has 9 heteroatoms. The van der Waals surface area contributed by atoms with Crippen LogP contribution in [0.3, 0.4) is 0 Å². The first-order chi connectivity index (χ1) is 9.47. The summed E-state index contributed by atoms with van der Waals surface area (Å²) >= 11 is 0. The van der Waals surface area contributed by atoms with Gasteiger partial charge < -0.3 is 25.4 Å². The number of carboxylic acids is 1. The third kappa shape index (κ3) is 2.09. The zero-order valence-electron chi connectivity index (χ0n) is 10.4. The lowest BCUT2D eigenvalue weighted by molar-refractivity contribution is 0.0650. The predicted molar refractivity (Wildman–Crippen MR) is 67.7 cm³/mol. The van der Waals surface area contributed by atoms with E-state index in [4.69, 9.17) is 15.6 Å². The smallest absolute Gasteiger partial charge is 0.375 e. The van der Waals surface area contributed by atoms with Crippen molar-refractivity contribution < 1.29 is 19.2 Å². The summed E-state index contributed by atoms with van der Waals surface area (Å²) in [6, 6.07) is 0. The van der Waals surface area contributed by atoms with Crippen LogP contribution in [0.1, 0.15) is 23.0 Å². The maximum atomic E-state index is 11.2. The van der Waals surface area contributed by atoms with Crippen molar-refractivity contribution in [1.29, 1.82) is 0 Å². The van der Waals surface area contributed by atoms with E-state index in [1.165, 1.54) is 0 Å². The summed E-state index contributed by atoms with van der Waals surface area (Å²) in [6.45, 7) is 1.84. The Morgan fingerprint density at radius 1 is 1.45 bits per heavy atom. The van der Waals surface area contributed by atoms with Gasteiger partial charge in [-0.25, -0.2) is 4.79 Å². The predicted octanol–water partition coefficient (Wildman–Crippen LogP) is -0.438. The molecule has 0 unspecified atom stereocenters. The minimum Gasteiger partial charge on any atom is -0.476 e. The minimum absolute atomic E-state index is 0.00895. The summed E-state index contributed by atoms with van der Waals surface area (Å²) in [6.07, 6.45) is 0. The number of hydrogen-bond acceptors (Lipinski definition) is 8. The van der Waals surface area contributed by atoms with Crippen LogP contribution in [0.2, 0.25) is 0 Å². The Balaban J connectivity index is 2.24. The molecule has 1 aromatic carbocycles. The van der Waals surface area contributed by atoms with Gasteiger partial charge in [-0.1, -0.05) is 0 Å². The molecule has 2 aromatic rings. The molecule has 0 saturated carbocycles. The van der Waals surface area contributed by atoms with Gasteiger partial charge in [0.2, 0.25) is 0 Å². The van der Waals surface area contributed by atoms with Crippen molar-refractivity contribution in [3.05, 3.63) is 31.8 Å². The number of nitrogens with two attached hydrogens (primary N) is 1. The molecular formula is C11H11N3O6. The summed E-state index contributed by atoms with van der Waals surface area (Å²) in [5, 5.41) is 15.0. The molecule has 1 aromatic heterocycles. The number of rotatable bonds is 6. The Bertz CT molecular complexity index is 725. The molecule has 1 heterocycles. The lowest BCUT2D eigenvalue weighted by Crippen LogP contribution is -2.37. The molecule has 9 nitrogen and oxygen atoms in total. The van der Waals surface area contributed by atoms with Gasteiger partial charge in [-0.15, -0.1) is 0 Å². The van der Waals surface area contributed by atoms with Crippen LogP contribution in [0.4, 0.5) is 11.4 Å². The van der Waals surface area contributed by atoms with Gasteiger partial charge in [-0.3, -0.25) is 9.59 Å². The topological polar surface area (TPSA) is 145 Å². The normalized spacial score (nSPS) is 10.7. The summed E-state index contributed by atoms with van der Waals surface area (Å²) < 4.78 is 9.77. The Morgan fingerprint density at radius 3 is 2.70 bits per heavy atom. The van der Waals surface area contributed by atoms with E-state index >= 15 is 0 Å². The molecule has 4 N–H and O–H groups in total. The van der Waals surface area contributed by atoms with Crippen LogP contribution in [-0.4, -0.2) is 22.8 Å². The molecule has 0 bridgehead atoms. The van der Waals surface area contributed by atoms with Gasteiger partial charge in [0, 0.05) is 6.54 Å². The molecule has 0 radical (unpaired) electrons. The van der Waals surface area contributed by atoms with Crippen molar-refractivity contribution in [1.82, 2.24) is 5.16 Å². The maximum Gasteiger partial charge on any atom is 0.375 e. The third-order valence-electron chi connectivity index (χ3n) is 2.62. The molecule has 106 valence electrons. The fourth-order valence-corrected chi connectivity index (χ4v) is 1.63. The van der Waals surface area contributed by atoms with Crippen molar-refractivity contribution >= 4 is 17.3 Å². The summed E-state index contributed by atoms with van der Waals surface area (Å²) in [5.74, 6) is -1.72. The van der Waals surface area contributed by atoms with E-state index in [1.807, 2.05) is 0 Å². The fourth-order valence-electron chi connectivity index (χ4n) is 1.63. The second-order valence-electron chi connectivity index (χ2n) is 3.83. The molecule has 0 amide bonds. The highest BCUT2D eigenvalue weighted by Crippen LogP contribution is 2.23. The van der Waals surface area contributed by atoms with Crippen molar-refractivity contribution in [2.24, 2.45) is 0 Å². The highest BCUT2D eigenvalue weighted by Gasteiger charge is 2.24. The summed E-state index contributed by atoms with van der Waals surface area (Å²) in [4.78, 5) is 33.2. The summed E-state index contributed by atoms with van der Waals surface area (Å²) in [5.41, 5.74) is 3.75. The van der Waals surface area contributed by atoms with Gasteiger partial charge in [-0.2, -0.15) is 0 Å². The van der Waals surface area contributed by atoms with E-state index in [2.05, 4.69) is 15.0 Å². The molecule has 2 rings (SSSR count). The number of carboxylic acid groups (broad SMARTS) is 1. The molecule has 0 atom stereocenters. The molecule has 0 fully saturated rings. The molecule has 0 aliphatic rings. The first-order valence-corrected chi connectivity index (χ1v) is 5.64. The molecular weight excluding hydrogens is 270 g/mol. The number of anilines is 2. The highest BCUT2D eigenvalue weighted by atomic mass is 16.5. The first kappa shape index (κ1) is 13.6. The van der Waals surface area contributed by atoms with Crippen molar-refractivity contribution in [3.63, 3.8) is 0 Å². The van der Waals surface area contributed by atoms with E-state index in [9.17, 15) is 14.4 Å². The monoisotopic (exact) mass is 281 g/mol. The van der Waals surface area contributed by atoms with Gasteiger partial charge in [0.05, 0.1) is 12.2 Å². The van der Waals surface area contributed by atoms with Gasteiger partial charge in [-0.05, 0) is 12.1 Å². The van der Waals surface area contributed by atoms with Gasteiger partial charge in [0.25, 0.3) is 22.5 Å². The lowest BCUT2D eigenvalue weighted by atomic mass is 10.2. The second-order valence-corrected chi connectivity index (χ2v) is 3.83. The van der Waals surface area contributed by atoms with E-state index in [-0.39, 0.29) is 36.0 Å². The quantitative estimate of drug-likeness (QED) is 0.600. The third-order valence-corrected chi connectivity index (χ3v) is 2.62. The molecule has 0 aliphatic heterocycles. The zero-order chi connectivity index (χ0) is 14.9. The van der Waals surface area contributed by atoms with Gasteiger partial charge >= 0.3 is 5.97 Å². The largest absolute Gasteiger partial charge is 0.476 e. The van der Waals surface area contributed by atoms with Crippen LogP contribution >= 0.6 is 0 Å². The standard InChI is InChI=1S/C11H11N3O6/c1-2-19-10-4(9(11(17)18)20-14-10)3-13-6-5(12)7(15)8(6)16/h13H,2-3,12H2,1H3,(H,17,18). The van der Waals surface area contributed by atoms with Crippen LogP contribution in [0, 0.1) is 0 Å². The van der Waals surface area contributed by atoms with Gasteiger partial charge in [0.1, 0.15) is 11.4 Å². The number of nitrogens with zero attached hydrogens (tertiary/aromatic N) is 1. The Morgan fingerprint density at radius 2 is 2.15 bits per heavy atom. The number of aromatic carboxylic acids is 1. The van der Waals surface area contributed by atoms with Gasteiger partial charge in [0.15, 0.2) is 0 Å². The van der Waals surface area contributed by atoms with E-state index < -0.39 is 22.6 Å². The highest BCUT2D eigenvalue weighted by molar-refractivity contribution is 5.86. The number of ether oxygens (including phenoxy) is 1. The molecule has 20 heavy (non-hydrogen) atoms. The van der Waals surface area contributed by atoms with Crippen molar-refractivity contribution in [2.75, 3.05) is 17.7 Å². The van der Waals surface area contributed by atoms with Crippen LogP contribution in [0.15, 0.2) is 14.1 Å². The van der Waals surface area contributed by atoms with Crippen LogP contribution in [0.5, 0.6) is 5.88 Å². The average molecular weight is 281 g/mol. The Kier molecular flexibility index (Phi) is 3.42. The fraction of sp³-hybridized carbons (Fsp3) is 0.273. The van der Waals surface area contributed by atoms with Crippen molar-refractivity contribution in [3.8, 4) is 5.88 Å². The SMILES string of the molecule is CCOc1noc(C(=O)O)c1CNc1c(N)c(=O)c1=O. The Hall–Kier alpha value is -2.84. The second kappa shape index (κ2) is 5.03. The number of aromatic nitrogens is 1. The minimum atomic E-state index is -1.32. The Labute approximate surface area is 111 Å². The molecule has 0 saturated heterocycles.